The minimum Gasteiger partial charge on any atom is -0.319 e. The lowest BCUT2D eigenvalue weighted by atomic mass is 10.2. The molecule has 0 fully saturated rings. The zero-order chi connectivity index (χ0) is 14.5. The Morgan fingerprint density at radius 3 is 2.24 bits per heavy atom. The van der Waals surface area contributed by atoms with E-state index >= 15 is 0 Å². The van der Waals surface area contributed by atoms with E-state index in [1.165, 1.54) is 0 Å². The summed E-state index contributed by atoms with van der Waals surface area (Å²) in [6.45, 7) is 0. The van der Waals surface area contributed by atoms with Gasteiger partial charge in [0.2, 0.25) is 0 Å². The van der Waals surface area contributed by atoms with Crippen LogP contribution in [0, 0.1) is 0 Å². The molecule has 0 aliphatic heterocycles. The van der Waals surface area contributed by atoms with Crippen LogP contribution in [-0.4, -0.2) is 20.9 Å². The van der Waals surface area contributed by atoms with E-state index in [-0.39, 0.29) is 5.91 Å². The van der Waals surface area contributed by atoms with E-state index in [2.05, 4.69) is 20.3 Å². The second-order valence-corrected chi connectivity index (χ2v) is 4.35. The maximum atomic E-state index is 12.0. The Morgan fingerprint density at radius 2 is 1.57 bits per heavy atom. The number of nitrogens with zero attached hydrogens (tertiary/aromatic N) is 3. The van der Waals surface area contributed by atoms with Crippen molar-refractivity contribution in [1.82, 2.24) is 15.0 Å². The lowest BCUT2D eigenvalue weighted by Gasteiger charge is -2.05. The normalized spacial score (nSPS) is 10.1. The van der Waals surface area contributed by atoms with E-state index < -0.39 is 0 Å². The molecule has 0 bridgehead atoms. The molecule has 0 unspecified atom stereocenters. The van der Waals surface area contributed by atoms with E-state index in [1.807, 2.05) is 30.3 Å². The third-order valence-electron chi connectivity index (χ3n) is 2.88. The van der Waals surface area contributed by atoms with E-state index in [0.717, 1.165) is 5.56 Å². The van der Waals surface area contributed by atoms with Crippen LogP contribution in [0.1, 0.15) is 10.4 Å². The smallest absolute Gasteiger partial charge is 0.255 e. The third-order valence-corrected chi connectivity index (χ3v) is 2.88. The average molecular weight is 276 g/mol. The fourth-order valence-electron chi connectivity index (χ4n) is 1.84. The van der Waals surface area contributed by atoms with Gasteiger partial charge in [0.05, 0.1) is 18.1 Å². The number of rotatable bonds is 3. The number of hydrogen-bond acceptors (Lipinski definition) is 4. The molecule has 5 heteroatoms. The van der Waals surface area contributed by atoms with Gasteiger partial charge < -0.3 is 5.32 Å². The van der Waals surface area contributed by atoms with Crippen molar-refractivity contribution >= 4 is 11.6 Å². The number of amides is 1. The largest absolute Gasteiger partial charge is 0.319 e. The fourth-order valence-corrected chi connectivity index (χ4v) is 1.84. The predicted molar refractivity (Wildman–Crippen MR) is 79.7 cm³/mol. The zero-order valence-electron chi connectivity index (χ0n) is 11.1. The molecule has 2 heterocycles. The maximum absolute atomic E-state index is 12.0. The molecule has 21 heavy (non-hydrogen) atoms. The van der Waals surface area contributed by atoms with Crippen LogP contribution in [0.2, 0.25) is 0 Å². The van der Waals surface area contributed by atoms with Crippen LogP contribution < -0.4 is 5.32 Å². The van der Waals surface area contributed by atoms with E-state index in [1.54, 1.807) is 36.9 Å². The van der Waals surface area contributed by atoms with Gasteiger partial charge in [-0.3, -0.25) is 9.78 Å². The molecular formula is C16H12N4O. The summed E-state index contributed by atoms with van der Waals surface area (Å²) < 4.78 is 0. The first kappa shape index (κ1) is 12.9. The molecule has 1 amide bonds. The van der Waals surface area contributed by atoms with Crippen molar-refractivity contribution in [3.8, 4) is 11.4 Å². The minimum atomic E-state index is -0.214. The summed E-state index contributed by atoms with van der Waals surface area (Å²) in [5.74, 6) is 0.408. The lowest BCUT2D eigenvalue weighted by molar-refractivity contribution is 0.102. The number of pyridine rings is 1. The number of aromatic nitrogens is 3. The minimum absolute atomic E-state index is 0.214. The first-order chi connectivity index (χ1) is 10.3. The van der Waals surface area contributed by atoms with Crippen molar-refractivity contribution in [1.29, 1.82) is 0 Å². The number of nitrogens with one attached hydrogen (secondary N) is 1. The highest BCUT2D eigenvalue weighted by atomic mass is 16.1. The molecule has 2 aromatic heterocycles. The first-order valence-corrected chi connectivity index (χ1v) is 6.42. The monoisotopic (exact) mass is 276 g/mol. The molecule has 0 aliphatic rings. The predicted octanol–water partition coefficient (Wildman–Crippen LogP) is 2.79. The number of carbonyl (C=O) groups is 1. The molecule has 0 spiro atoms. The van der Waals surface area contributed by atoms with Crippen molar-refractivity contribution in [2.75, 3.05) is 5.32 Å². The molecule has 0 aliphatic carbocycles. The van der Waals surface area contributed by atoms with Gasteiger partial charge in [0.1, 0.15) is 0 Å². The van der Waals surface area contributed by atoms with E-state index in [0.29, 0.717) is 17.1 Å². The van der Waals surface area contributed by atoms with Gasteiger partial charge in [-0.05, 0) is 12.1 Å². The standard InChI is InChI=1S/C16H12N4O/c21-16(13-6-8-17-9-7-13)20-14-10-18-15(19-11-14)12-4-2-1-3-5-12/h1-11H,(H,20,21). The van der Waals surface area contributed by atoms with Gasteiger partial charge in [-0.25, -0.2) is 9.97 Å². The summed E-state index contributed by atoms with van der Waals surface area (Å²) in [6.07, 6.45) is 6.33. The van der Waals surface area contributed by atoms with Gasteiger partial charge in [0, 0.05) is 23.5 Å². The Balaban J connectivity index is 1.75. The fraction of sp³-hybridized carbons (Fsp3) is 0. The van der Waals surface area contributed by atoms with Crippen molar-refractivity contribution in [3.63, 3.8) is 0 Å². The SMILES string of the molecule is O=C(Nc1cnc(-c2ccccc2)nc1)c1ccncc1. The number of carbonyl (C=O) groups excluding carboxylic acids is 1. The van der Waals surface area contributed by atoms with Gasteiger partial charge in [-0.15, -0.1) is 0 Å². The Morgan fingerprint density at radius 1 is 0.905 bits per heavy atom. The second kappa shape index (κ2) is 5.92. The van der Waals surface area contributed by atoms with Crippen LogP contribution >= 0.6 is 0 Å². The average Bonchev–Trinajstić information content (AvgIpc) is 2.57. The third kappa shape index (κ3) is 3.09. The number of benzene rings is 1. The Labute approximate surface area is 121 Å². The molecule has 3 rings (SSSR count). The molecule has 0 atom stereocenters. The van der Waals surface area contributed by atoms with Crippen molar-refractivity contribution in [3.05, 3.63) is 72.8 Å². The molecule has 3 aromatic rings. The number of hydrogen-bond donors (Lipinski definition) is 1. The molecule has 1 N–H and O–H groups in total. The summed E-state index contributed by atoms with van der Waals surface area (Å²) in [5, 5.41) is 2.75. The van der Waals surface area contributed by atoms with Crippen LogP contribution in [0.25, 0.3) is 11.4 Å². The van der Waals surface area contributed by atoms with Crippen LogP contribution in [-0.2, 0) is 0 Å². The van der Waals surface area contributed by atoms with Gasteiger partial charge in [-0.2, -0.15) is 0 Å². The van der Waals surface area contributed by atoms with Gasteiger partial charge in [0.15, 0.2) is 5.82 Å². The van der Waals surface area contributed by atoms with E-state index in [4.69, 9.17) is 0 Å². The Hall–Kier alpha value is -3.08. The van der Waals surface area contributed by atoms with E-state index in [9.17, 15) is 4.79 Å². The van der Waals surface area contributed by atoms with Crippen LogP contribution in [0.3, 0.4) is 0 Å². The summed E-state index contributed by atoms with van der Waals surface area (Å²) >= 11 is 0. The summed E-state index contributed by atoms with van der Waals surface area (Å²) in [5.41, 5.74) is 2.03. The number of anilines is 1. The van der Waals surface area contributed by atoms with Crippen LogP contribution in [0.15, 0.2) is 67.3 Å². The lowest BCUT2D eigenvalue weighted by Crippen LogP contribution is -2.12. The molecule has 0 saturated heterocycles. The highest BCUT2D eigenvalue weighted by molar-refractivity contribution is 6.03. The maximum Gasteiger partial charge on any atom is 0.255 e. The zero-order valence-corrected chi connectivity index (χ0v) is 11.1. The molecule has 1 aromatic carbocycles. The second-order valence-electron chi connectivity index (χ2n) is 4.35. The summed E-state index contributed by atoms with van der Waals surface area (Å²) in [4.78, 5) is 24.4. The van der Waals surface area contributed by atoms with Gasteiger partial charge >= 0.3 is 0 Å². The molecule has 102 valence electrons. The topological polar surface area (TPSA) is 67.8 Å². The first-order valence-electron chi connectivity index (χ1n) is 6.42. The van der Waals surface area contributed by atoms with Crippen molar-refractivity contribution in [2.24, 2.45) is 0 Å². The molecule has 5 nitrogen and oxygen atoms in total. The molecular weight excluding hydrogens is 264 g/mol. The molecule has 0 saturated carbocycles. The summed E-state index contributed by atoms with van der Waals surface area (Å²) in [6, 6.07) is 13.0. The van der Waals surface area contributed by atoms with Gasteiger partial charge in [0.25, 0.3) is 5.91 Å². The van der Waals surface area contributed by atoms with Crippen molar-refractivity contribution < 1.29 is 4.79 Å². The Kier molecular flexibility index (Phi) is 3.64. The summed E-state index contributed by atoms with van der Waals surface area (Å²) in [7, 11) is 0. The highest BCUT2D eigenvalue weighted by Gasteiger charge is 2.06. The molecule has 0 radical (unpaired) electrons. The van der Waals surface area contributed by atoms with Gasteiger partial charge in [-0.1, -0.05) is 30.3 Å². The Bertz CT molecular complexity index is 727. The highest BCUT2D eigenvalue weighted by Crippen LogP contribution is 2.15. The quantitative estimate of drug-likeness (QED) is 0.798. The van der Waals surface area contributed by atoms with Crippen LogP contribution in [0.5, 0.6) is 0 Å². The van der Waals surface area contributed by atoms with Crippen LogP contribution in [0.4, 0.5) is 5.69 Å². The van der Waals surface area contributed by atoms with Crippen molar-refractivity contribution in [2.45, 2.75) is 0 Å².